The van der Waals surface area contributed by atoms with Gasteiger partial charge in [0.25, 0.3) is 0 Å². The van der Waals surface area contributed by atoms with Crippen molar-refractivity contribution >= 4 is 5.91 Å². The highest BCUT2D eigenvalue weighted by atomic mass is 16.3. The number of aliphatic hydroxyl groups excluding tert-OH is 1. The van der Waals surface area contributed by atoms with E-state index in [4.69, 9.17) is 0 Å². The minimum Gasteiger partial charge on any atom is -0.390 e. The summed E-state index contributed by atoms with van der Waals surface area (Å²) >= 11 is 0. The van der Waals surface area contributed by atoms with Crippen molar-refractivity contribution in [3.63, 3.8) is 0 Å². The summed E-state index contributed by atoms with van der Waals surface area (Å²) in [5, 5.41) is 16.4. The molecule has 0 bridgehead atoms. The number of carbonyl (C=O) groups excluding carboxylic acids is 1. The van der Waals surface area contributed by atoms with Crippen molar-refractivity contribution in [3.05, 3.63) is 35.4 Å². The second kappa shape index (κ2) is 5.31. The van der Waals surface area contributed by atoms with Gasteiger partial charge in [0.05, 0.1) is 18.2 Å². The van der Waals surface area contributed by atoms with Crippen LogP contribution in [0.2, 0.25) is 0 Å². The Morgan fingerprint density at radius 1 is 1.32 bits per heavy atom. The van der Waals surface area contributed by atoms with E-state index in [1.54, 1.807) is 0 Å². The molecule has 1 fully saturated rings. The Morgan fingerprint density at radius 2 is 2.16 bits per heavy atom. The lowest BCUT2D eigenvalue weighted by Crippen LogP contribution is -2.48. The minimum absolute atomic E-state index is 0.0143. The van der Waals surface area contributed by atoms with E-state index in [9.17, 15) is 9.90 Å². The van der Waals surface area contributed by atoms with Crippen LogP contribution in [0.3, 0.4) is 0 Å². The molecule has 102 valence electrons. The molecule has 0 saturated carbocycles. The smallest absolute Gasteiger partial charge is 0.237 e. The van der Waals surface area contributed by atoms with Gasteiger partial charge in [0.2, 0.25) is 5.91 Å². The molecule has 4 nitrogen and oxygen atoms in total. The van der Waals surface area contributed by atoms with Crippen LogP contribution in [0.15, 0.2) is 24.3 Å². The van der Waals surface area contributed by atoms with Gasteiger partial charge in [0.1, 0.15) is 0 Å². The van der Waals surface area contributed by atoms with E-state index in [0.29, 0.717) is 6.42 Å². The Morgan fingerprint density at radius 3 is 2.95 bits per heavy atom. The van der Waals surface area contributed by atoms with Gasteiger partial charge in [-0.1, -0.05) is 30.7 Å². The van der Waals surface area contributed by atoms with Gasteiger partial charge in [-0.05, 0) is 30.5 Å². The molecule has 1 aromatic carbocycles. The Labute approximate surface area is 113 Å². The molecule has 1 saturated heterocycles. The number of amides is 1. The molecule has 1 aliphatic carbocycles. The Hall–Kier alpha value is -1.39. The SMILES string of the molecule is O=C(N[C@@H]1c2ccccc2C[C@@H]1O)[C@H]1CCCCN1. The molecule has 1 amide bonds. The zero-order valence-corrected chi connectivity index (χ0v) is 10.9. The van der Waals surface area contributed by atoms with Gasteiger partial charge in [0, 0.05) is 6.42 Å². The Balaban J connectivity index is 1.71. The van der Waals surface area contributed by atoms with Crippen LogP contribution in [-0.4, -0.2) is 29.7 Å². The van der Waals surface area contributed by atoms with E-state index in [2.05, 4.69) is 10.6 Å². The zero-order valence-electron chi connectivity index (χ0n) is 10.9. The van der Waals surface area contributed by atoms with Crippen LogP contribution in [0.25, 0.3) is 0 Å². The molecule has 2 aliphatic rings. The van der Waals surface area contributed by atoms with E-state index in [1.807, 2.05) is 24.3 Å². The third kappa shape index (κ3) is 2.51. The van der Waals surface area contributed by atoms with Gasteiger partial charge < -0.3 is 15.7 Å². The van der Waals surface area contributed by atoms with Crippen LogP contribution in [0.4, 0.5) is 0 Å². The number of rotatable bonds is 2. The fourth-order valence-electron chi connectivity index (χ4n) is 3.08. The van der Waals surface area contributed by atoms with Gasteiger partial charge in [-0.25, -0.2) is 0 Å². The maximum absolute atomic E-state index is 12.2. The van der Waals surface area contributed by atoms with Crippen LogP contribution in [0, 0.1) is 0 Å². The molecule has 1 aromatic rings. The monoisotopic (exact) mass is 260 g/mol. The maximum atomic E-state index is 12.2. The van der Waals surface area contributed by atoms with Crippen LogP contribution in [0.5, 0.6) is 0 Å². The van der Waals surface area contributed by atoms with Crippen LogP contribution in [0.1, 0.15) is 36.4 Å². The molecule has 1 aliphatic heterocycles. The van der Waals surface area contributed by atoms with Gasteiger partial charge in [-0.3, -0.25) is 4.79 Å². The topological polar surface area (TPSA) is 61.4 Å². The molecule has 4 heteroatoms. The van der Waals surface area contributed by atoms with E-state index in [1.165, 1.54) is 0 Å². The van der Waals surface area contributed by atoms with E-state index >= 15 is 0 Å². The molecule has 3 N–H and O–H groups in total. The largest absolute Gasteiger partial charge is 0.390 e. The lowest BCUT2D eigenvalue weighted by Gasteiger charge is -2.26. The molecule has 0 unspecified atom stereocenters. The van der Waals surface area contributed by atoms with Gasteiger partial charge in [0.15, 0.2) is 0 Å². The summed E-state index contributed by atoms with van der Waals surface area (Å²) in [5.41, 5.74) is 2.19. The van der Waals surface area contributed by atoms with E-state index < -0.39 is 6.10 Å². The van der Waals surface area contributed by atoms with Crippen molar-refractivity contribution in [2.75, 3.05) is 6.54 Å². The summed E-state index contributed by atoms with van der Waals surface area (Å²) < 4.78 is 0. The Bertz CT molecular complexity index is 469. The standard InChI is InChI=1S/C15H20N2O2/c18-13-9-10-5-1-2-6-11(10)14(13)17-15(19)12-7-3-4-8-16-12/h1-2,5-6,12-14,16,18H,3-4,7-9H2,(H,17,19)/t12-,13+,14-/m1/s1. The summed E-state index contributed by atoms with van der Waals surface area (Å²) in [6.07, 6.45) is 3.23. The van der Waals surface area contributed by atoms with Gasteiger partial charge >= 0.3 is 0 Å². The number of fused-ring (bicyclic) bond motifs is 1. The first-order chi connectivity index (χ1) is 9.25. The third-order valence-electron chi connectivity index (χ3n) is 4.13. The molecular weight excluding hydrogens is 240 g/mol. The van der Waals surface area contributed by atoms with Crippen LogP contribution in [-0.2, 0) is 11.2 Å². The number of aliphatic hydroxyl groups is 1. The van der Waals surface area contributed by atoms with Gasteiger partial charge in [-0.2, -0.15) is 0 Å². The lowest BCUT2D eigenvalue weighted by atomic mass is 10.0. The van der Waals surface area contributed by atoms with Crippen LogP contribution < -0.4 is 10.6 Å². The highest BCUT2D eigenvalue weighted by Crippen LogP contribution is 2.31. The number of hydrogen-bond donors (Lipinski definition) is 3. The number of nitrogens with one attached hydrogen (secondary N) is 2. The summed E-state index contributed by atoms with van der Waals surface area (Å²) in [4.78, 5) is 12.2. The number of carbonyl (C=O) groups is 1. The quantitative estimate of drug-likeness (QED) is 0.740. The average molecular weight is 260 g/mol. The summed E-state index contributed by atoms with van der Waals surface area (Å²) in [6.45, 7) is 0.905. The number of hydrogen-bond acceptors (Lipinski definition) is 3. The highest BCUT2D eigenvalue weighted by molar-refractivity contribution is 5.82. The van der Waals surface area contributed by atoms with Crippen LogP contribution >= 0.6 is 0 Å². The van der Waals surface area contributed by atoms with Crippen molar-refractivity contribution in [3.8, 4) is 0 Å². The molecule has 3 atom stereocenters. The summed E-state index contributed by atoms with van der Waals surface area (Å²) in [5.74, 6) is 0.0143. The van der Waals surface area contributed by atoms with Crippen molar-refractivity contribution in [1.82, 2.24) is 10.6 Å². The van der Waals surface area contributed by atoms with Crippen molar-refractivity contribution in [2.45, 2.75) is 43.9 Å². The molecule has 3 rings (SSSR count). The third-order valence-corrected chi connectivity index (χ3v) is 4.13. The van der Waals surface area contributed by atoms with Crippen molar-refractivity contribution in [2.24, 2.45) is 0 Å². The first kappa shape index (κ1) is 12.6. The normalized spacial score (nSPS) is 29.8. The van der Waals surface area contributed by atoms with Crippen molar-refractivity contribution < 1.29 is 9.90 Å². The second-order valence-corrected chi connectivity index (χ2v) is 5.46. The fourth-order valence-corrected chi connectivity index (χ4v) is 3.08. The fraction of sp³-hybridized carbons (Fsp3) is 0.533. The number of benzene rings is 1. The predicted molar refractivity (Wildman–Crippen MR) is 72.7 cm³/mol. The molecule has 19 heavy (non-hydrogen) atoms. The molecule has 0 radical (unpaired) electrons. The maximum Gasteiger partial charge on any atom is 0.237 e. The predicted octanol–water partition coefficient (Wildman–Crippen LogP) is 0.903. The van der Waals surface area contributed by atoms with Crippen molar-refractivity contribution in [1.29, 1.82) is 0 Å². The molecular formula is C15H20N2O2. The highest BCUT2D eigenvalue weighted by Gasteiger charge is 2.33. The Kier molecular flexibility index (Phi) is 3.53. The average Bonchev–Trinajstić information content (AvgIpc) is 2.76. The second-order valence-electron chi connectivity index (χ2n) is 5.46. The van der Waals surface area contributed by atoms with E-state index in [-0.39, 0.29) is 18.0 Å². The molecule has 0 spiro atoms. The zero-order chi connectivity index (χ0) is 13.2. The van der Waals surface area contributed by atoms with Gasteiger partial charge in [-0.15, -0.1) is 0 Å². The minimum atomic E-state index is -0.509. The molecule has 1 heterocycles. The first-order valence-electron chi connectivity index (χ1n) is 7.05. The lowest BCUT2D eigenvalue weighted by molar-refractivity contribution is -0.125. The number of piperidine rings is 1. The summed E-state index contributed by atoms with van der Waals surface area (Å²) in [7, 11) is 0. The van der Waals surface area contributed by atoms with E-state index in [0.717, 1.165) is 36.9 Å². The first-order valence-corrected chi connectivity index (χ1v) is 7.05. The molecule has 0 aromatic heterocycles. The summed E-state index contributed by atoms with van der Waals surface area (Å²) in [6, 6.07) is 7.57.